The van der Waals surface area contributed by atoms with E-state index in [9.17, 15) is 9.59 Å². The molecule has 1 aliphatic rings. The fraction of sp³-hybridized carbons (Fsp3) is 0.469. The summed E-state index contributed by atoms with van der Waals surface area (Å²) in [5, 5.41) is 3.85. The summed E-state index contributed by atoms with van der Waals surface area (Å²) in [5.41, 5.74) is 1.64. The Balaban J connectivity index is 1.59. The van der Waals surface area contributed by atoms with Gasteiger partial charge in [0.25, 0.3) is 11.8 Å². The van der Waals surface area contributed by atoms with Gasteiger partial charge < -0.3 is 28.5 Å². The Kier molecular flexibility index (Phi) is 11.6. The van der Waals surface area contributed by atoms with Crippen molar-refractivity contribution in [2.45, 2.75) is 51.0 Å². The molecular formula is C32H41N3O6. The van der Waals surface area contributed by atoms with Crippen LogP contribution < -0.4 is 9.47 Å². The van der Waals surface area contributed by atoms with Crippen LogP contribution in [0, 0.1) is 0 Å². The third-order valence-electron chi connectivity index (χ3n) is 7.39. The molecule has 1 atom stereocenters. The van der Waals surface area contributed by atoms with Gasteiger partial charge in [0.1, 0.15) is 18.1 Å². The summed E-state index contributed by atoms with van der Waals surface area (Å²) >= 11 is 0. The zero-order valence-corrected chi connectivity index (χ0v) is 24.1. The van der Waals surface area contributed by atoms with Crippen LogP contribution in [0.5, 0.6) is 11.6 Å². The smallest absolute Gasteiger partial charge is 0.257 e. The van der Waals surface area contributed by atoms with Gasteiger partial charge >= 0.3 is 0 Å². The van der Waals surface area contributed by atoms with Gasteiger partial charge in [0.2, 0.25) is 5.91 Å². The molecule has 0 spiro atoms. The summed E-state index contributed by atoms with van der Waals surface area (Å²) in [6.45, 7) is 2.55. The molecule has 2 heterocycles. The van der Waals surface area contributed by atoms with Crippen LogP contribution in [-0.4, -0.2) is 79.9 Å². The molecule has 3 aromatic rings. The van der Waals surface area contributed by atoms with Crippen molar-refractivity contribution in [3.8, 4) is 11.6 Å². The molecular weight excluding hydrogens is 522 g/mol. The lowest BCUT2D eigenvalue weighted by molar-refractivity contribution is -0.134. The van der Waals surface area contributed by atoms with Gasteiger partial charge in [0.15, 0.2) is 0 Å². The van der Waals surface area contributed by atoms with E-state index in [1.165, 1.54) is 7.11 Å². The number of rotatable bonds is 9. The number of aryl methyl sites for hydroxylation is 1. The summed E-state index contributed by atoms with van der Waals surface area (Å²) in [5.74, 6) is 1.50. The number of para-hydroxylation sites is 1. The maximum atomic E-state index is 13.7. The summed E-state index contributed by atoms with van der Waals surface area (Å²) < 4.78 is 22.1. The number of methoxy groups -OCH3 is 2. The van der Waals surface area contributed by atoms with E-state index >= 15 is 0 Å². The minimum Gasteiger partial charge on any atom is -0.491 e. The Labute approximate surface area is 242 Å². The molecule has 41 heavy (non-hydrogen) atoms. The van der Waals surface area contributed by atoms with E-state index in [1.54, 1.807) is 13.2 Å². The van der Waals surface area contributed by atoms with Crippen LogP contribution in [-0.2, 0) is 22.4 Å². The first-order chi connectivity index (χ1) is 20.1. The average Bonchev–Trinajstić information content (AvgIpc) is 3.47. The van der Waals surface area contributed by atoms with Gasteiger partial charge in [0.05, 0.1) is 25.3 Å². The molecule has 9 heteroatoms. The second kappa shape index (κ2) is 15.8. The number of aromatic nitrogens is 1. The van der Waals surface area contributed by atoms with E-state index in [1.807, 2.05) is 52.3 Å². The molecule has 0 saturated heterocycles. The zero-order chi connectivity index (χ0) is 28.9. The largest absolute Gasteiger partial charge is 0.491 e. The van der Waals surface area contributed by atoms with Gasteiger partial charge in [-0.2, -0.15) is 0 Å². The van der Waals surface area contributed by atoms with Gasteiger partial charge in [-0.15, -0.1) is 0 Å². The van der Waals surface area contributed by atoms with Gasteiger partial charge in [0, 0.05) is 45.7 Å². The summed E-state index contributed by atoms with van der Waals surface area (Å²) in [7, 11) is 3.18. The van der Waals surface area contributed by atoms with Crippen molar-refractivity contribution >= 4 is 11.8 Å². The number of nitrogens with zero attached hydrogens (tertiary/aromatic N) is 3. The van der Waals surface area contributed by atoms with Crippen LogP contribution in [0.25, 0.3) is 0 Å². The summed E-state index contributed by atoms with van der Waals surface area (Å²) in [6, 6.07) is 19.0. The monoisotopic (exact) mass is 563 g/mol. The van der Waals surface area contributed by atoms with Crippen LogP contribution >= 0.6 is 0 Å². The maximum Gasteiger partial charge on any atom is 0.257 e. The normalized spacial score (nSPS) is 16.9. The Bertz CT molecular complexity index is 1230. The lowest BCUT2D eigenvalue weighted by Gasteiger charge is -2.33. The fourth-order valence-corrected chi connectivity index (χ4v) is 5.12. The first-order valence-electron chi connectivity index (χ1n) is 14.4. The van der Waals surface area contributed by atoms with Crippen molar-refractivity contribution in [1.29, 1.82) is 0 Å². The third kappa shape index (κ3) is 8.82. The van der Waals surface area contributed by atoms with Gasteiger partial charge in [-0.1, -0.05) is 55.3 Å². The topological polar surface area (TPSA) is 94.3 Å². The fourth-order valence-electron chi connectivity index (χ4n) is 5.12. The van der Waals surface area contributed by atoms with Crippen LogP contribution in [0.3, 0.4) is 0 Å². The van der Waals surface area contributed by atoms with E-state index in [0.717, 1.165) is 31.2 Å². The lowest BCUT2D eigenvalue weighted by Crippen LogP contribution is -2.46. The number of hydrogen-bond acceptors (Lipinski definition) is 7. The summed E-state index contributed by atoms with van der Waals surface area (Å²) in [6.07, 6.45) is 5.04. The van der Waals surface area contributed by atoms with Crippen molar-refractivity contribution in [3.05, 3.63) is 77.6 Å². The highest BCUT2D eigenvalue weighted by Crippen LogP contribution is 2.23. The molecule has 1 aromatic heterocycles. The highest BCUT2D eigenvalue weighted by atomic mass is 16.5. The first kappa shape index (κ1) is 30.1. The standard InChI is InChI=1S/C32H41N3O6/c1-38-21-20-34-18-10-3-4-11-19-35(31(36)17-16-27-23-30(39-2)33-41-27)26(22-25-12-6-5-7-13-25)24-40-29-15-9-8-14-28(29)32(34)37/h5-9,12-15,23,26H,3-4,10-11,16-22,24H2,1-2H3/t26-/m0/s1. The van der Waals surface area contributed by atoms with Crippen molar-refractivity contribution in [2.75, 3.05) is 47.1 Å². The number of carbonyl (C=O) groups excluding carboxylic acids is 2. The SMILES string of the molecule is COCCN1CCCCCCN(C(=O)CCc2cc(OC)no2)[C@@H](Cc2ccccc2)COc2ccccc2C1=O. The van der Waals surface area contributed by atoms with Gasteiger partial charge in [-0.05, 0) is 42.1 Å². The molecule has 4 rings (SSSR count). The number of ether oxygens (including phenoxy) is 3. The average molecular weight is 564 g/mol. The summed E-state index contributed by atoms with van der Waals surface area (Å²) in [4.78, 5) is 31.2. The van der Waals surface area contributed by atoms with E-state index < -0.39 is 0 Å². The maximum absolute atomic E-state index is 13.7. The van der Waals surface area contributed by atoms with Gasteiger partial charge in [-0.3, -0.25) is 9.59 Å². The molecule has 0 saturated carbocycles. The second-order valence-corrected chi connectivity index (χ2v) is 10.3. The number of carbonyl (C=O) groups is 2. The Morgan fingerprint density at radius 3 is 2.51 bits per heavy atom. The number of benzene rings is 2. The quantitative estimate of drug-likeness (QED) is 0.369. The van der Waals surface area contributed by atoms with Gasteiger partial charge in [-0.25, -0.2) is 0 Å². The number of hydrogen-bond donors (Lipinski definition) is 0. The molecule has 0 bridgehead atoms. The zero-order valence-electron chi connectivity index (χ0n) is 24.1. The molecule has 2 aromatic carbocycles. The number of amides is 2. The highest BCUT2D eigenvalue weighted by Gasteiger charge is 2.27. The van der Waals surface area contributed by atoms with Crippen LogP contribution in [0.2, 0.25) is 0 Å². The third-order valence-corrected chi connectivity index (χ3v) is 7.39. The molecule has 0 fully saturated rings. The van der Waals surface area contributed by atoms with E-state index in [2.05, 4.69) is 17.3 Å². The molecule has 0 aliphatic carbocycles. The first-order valence-corrected chi connectivity index (χ1v) is 14.4. The Hall–Kier alpha value is -3.85. The minimum atomic E-state index is -0.218. The molecule has 0 radical (unpaired) electrons. The van der Waals surface area contributed by atoms with Crippen LogP contribution in [0.1, 0.15) is 53.8 Å². The molecule has 0 N–H and O–H groups in total. The Morgan fingerprint density at radius 2 is 1.76 bits per heavy atom. The molecule has 1 aliphatic heterocycles. The molecule has 2 amide bonds. The lowest BCUT2D eigenvalue weighted by atomic mass is 10.0. The predicted octanol–water partition coefficient (Wildman–Crippen LogP) is 4.80. The van der Waals surface area contributed by atoms with Crippen LogP contribution in [0.4, 0.5) is 0 Å². The number of fused-ring (bicyclic) bond motifs is 1. The van der Waals surface area contributed by atoms with Crippen molar-refractivity contribution in [1.82, 2.24) is 15.0 Å². The molecule has 0 unspecified atom stereocenters. The molecule has 220 valence electrons. The molecule has 9 nitrogen and oxygen atoms in total. The second-order valence-electron chi connectivity index (χ2n) is 10.3. The van der Waals surface area contributed by atoms with Crippen LogP contribution in [0.15, 0.2) is 65.2 Å². The van der Waals surface area contributed by atoms with E-state index in [-0.39, 0.29) is 30.9 Å². The Morgan fingerprint density at radius 1 is 1.00 bits per heavy atom. The minimum absolute atomic E-state index is 0.0343. The highest BCUT2D eigenvalue weighted by molar-refractivity contribution is 5.97. The predicted molar refractivity (Wildman–Crippen MR) is 155 cm³/mol. The van der Waals surface area contributed by atoms with E-state index in [4.69, 9.17) is 18.7 Å². The van der Waals surface area contributed by atoms with Crippen molar-refractivity contribution < 1.29 is 28.3 Å². The van der Waals surface area contributed by atoms with Crippen molar-refractivity contribution in [3.63, 3.8) is 0 Å². The van der Waals surface area contributed by atoms with E-state index in [0.29, 0.717) is 62.0 Å². The van der Waals surface area contributed by atoms with Crippen molar-refractivity contribution in [2.24, 2.45) is 0 Å².